The molecule has 2 rings (SSSR count). The summed E-state index contributed by atoms with van der Waals surface area (Å²) in [6.45, 7) is 15.7. The van der Waals surface area contributed by atoms with Crippen molar-refractivity contribution in [3.8, 4) is 0 Å². The zero-order valence-electron chi connectivity index (χ0n) is 14.2. The van der Waals surface area contributed by atoms with Crippen molar-refractivity contribution in [3.05, 3.63) is 0 Å². The van der Waals surface area contributed by atoms with E-state index in [0.29, 0.717) is 17.6 Å². The van der Waals surface area contributed by atoms with Crippen LogP contribution in [0.5, 0.6) is 0 Å². The third-order valence-electron chi connectivity index (χ3n) is 4.93. The summed E-state index contributed by atoms with van der Waals surface area (Å²) in [5, 5.41) is 3.76. The Bertz CT molecular complexity index is 305. The molecule has 0 spiro atoms. The molecule has 118 valence electrons. The molecule has 2 fully saturated rings. The Morgan fingerprint density at radius 3 is 2.45 bits per heavy atom. The summed E-state index contributed by atoms with van der Waals surface area (Å²) in [7, 11) is 0. The van der Waals surface area contributed by atoms with Gasteiger partial charge in [-0.05, 0) is 52.9 Å². The summed E-state index contributed by atoms with van der Waals surface area (Å²) in [6, 6.07) is 0.568. The lowest BCUT2D eigenvalue weighted by Crippen LogP contribution is -2.54. The summed E-state index contributed by atoms with van der Waals surface area (Å²) in [4.78, 5) is 2.67. The van der Waals surface area contributed by atoms with Crippen LogP contribution in [0.3, 0.4) is 0 Å². The van der Waals surface area contributed by atoms with Gasteiger partial charge in [0.15, 0.2) is 0 Å². The first-order valence-electron chi connectivity index (χ1n) is 8.40. The molecule has 1 aliphatic heterocycles. The molecule has 1 saturated heterocycles. The van der Waals surface area contributed by atoms with Gasteiger partial charge in [-0.1, -0.05) is 12.8 Å². The van der Waals surface area contributed by atoms with Crippen molar-refractivity contribution in [3.63, 3.8) is 0 Å². The van der Waals surface area contributed by atoms with Crippen LogP contribution in [0.25, 0.3) is 0 Å². The van der Waals surface area contributed by atoms with Crippen LogP contribution < -0.4 is 5.32 Å². The van der Waals surface area contributed by atoms with Crippen LogP contribution in [0, 0.1) is 5.41 Å². The lowest BCUT2D eigenvalue weighted by atomic mass is 9.84. The molecule has 2 aliphatic rings. The molecule has 2 unspecified atom stereocenters. The largest absolute Gasteiger partial charge is 0.376 e. The quantitative estimate of drug-likeness (QED) is 0.858. The second-order valence-corrected chi connectivity index (χ2v) is 8.23. The van der Waals surface area contributed by atoms with Gasteiger partial charge in [-0.15, -0.1) is 0 Å². The van der Waals surface area contributed by atoms with E-state index in [1.54, 1.807) is 0 Å². The van der Waals surface area contributed by atoms with Gasteiger partial charge >= 0.3 is 0 Å². The Hall–Kier alpha value is -0.120. The van der Waals surface area contributed by atoms with E-state index in [9.17, 15) is 0 Å². The summed E-state index contributed by atoms with van der Waals surface area (Å²) >= 11 is 0. The number of hydrogen-bond donors (Lipinski definition) is 1. The zero-order valence-corrected chi connectivity index (χ0v) is 14.2. The fourth-order valence-corrected chi connectivity index (χ4v) is 3.59. The second-order valence-electron chi connectivity index (χ2n) is 8.23. The minimum absolute atomic E-state index is 0.222. The SMILES string of the molecule is CC1CN(CC2(CNC(C)(C)C)CCCC2)C(C)CO1. The maximum absolute atomic E-state index is 5.77. The van der Waals surface area contributed by atoms with Crippen molar-refractivity contribution in [2.45, 2.75) is 78.0 Å². The molecule has 0 radical (unpaired) electrons. The molecule has 20 heavy (non-hydrogen) atoms. The Labute approximate surface area is 125 Å². The van der Waals surface area contributed by atoms with Crippen molar-refractivity contribution in [1.29, 1.82) is 0 Å². The van der Waals surface area contributed by atoms with E-state index < -0.39 is 0 Å². The number of ether oxygens (including phenoxy) is 1. The van der Waals surface area contributed by atoms with Gasteiger partial charge in [-0.2, -0.15) is 0 Å². The van der Waals surface area contributed by atoms with E-state index in [1.165, 1.54) is 32.2 Å². The van der Waals surface area contributed by atoms with Gasteiger partial charge in [-0.25, -0.2) is 0 Å². The molecule has 2 atom stereocenters. The summed E-state index contributed by atoms with van der Waals surface area (Å²) in [6.07, 6.45) is 5.96. The third-order valence-corrected chi connectivity index (χ3v) is 4.93. The highest BCUT2D eigenvalue weighted by Crippen LogP contribution is 2.39. The fraction of sp³-hybridized carbons (Fsp3) is 1.00. The smallest absolute Gasteiger partial charge is 0.0674 e. The van der Waals surface area contributed by atoms with Gasteiger partial charge in [-0.3, -0.25) is 4.90 Å². The third kappa shape index (κ3) is 4.44. The Balaban J connectivity index is 1.97. The molecule has 3 heteroatoms. The van der Waals surface area contributed by atoms with E-state index in [4.69, 9.17) is 4.74 Å². The highest BCUT2D eigenvalue weighted by atomic mass is 16.5. The van der Waals surface area contributed by atoms with Crippen LogP contribution >= 0.6 is 0 Å². The van der Waals surface area contributed by atoms with E-state index in [0.717, 1.165) is 19.7 Å². The molecule has 0 bridgehead atoms. The molecular weight excluding hydrogens is 248 g/mol. The van der Waals surface area contributed by atoms with Crippen molar-refractivity contribution >= 4 is 0 Å². The van der Waals surface area contributed by atoms with Crippen molar-refractivity contribution < 1.29 is 4.74 Å². The fourth-order valence-electron chi connectivity index (χ4n) is 3.59. The monoisotopic (exact) mass is 282 g/mol. The topological polar surface area (TPSA) is 24.5 Å². The van der Waals surface area contributed by atoms with E-state index in [1.807, 2.05) is 0 Å². The summed E-state index contributed by atoms with van der Waals surface area (Å²) in [5.41, 5.74) is 0.706. The first kappa shape index (κ1) is 16.3. The average molecular weight is 282 g/mol. The van der Waals surface area contributed by atoms with Crippen molar-refractivity contribution in [1.82, 2.24) is 10.2 Å². The molecule has 0 aromatic rings. The minimum atomic E-state index is 0.222. The molecule has 1 heterocycles. The predicted molar refractivity (Wildman–Crippen MR) is 85.1 cm³/mol. The molecule has 1 N–H and O–H groups in total. The van der Waals surface area contributed by atoms with Crippen LogP contribution in [0.4, 0.5) is 0 Å². The van der Waals surface area contributed by atoms with Gasteiger partial charge < -0.3 is 10.1 Å². The Kier molecular flexibility index (Phi) is 5.14. The Morgan fingerprint density at radius 1 is 1.20 bits per heavy atom. The molecule has 0 aromatic carbocycles. The van der Waals surface area contributed by atoms with Gasteiger partial charge in [0.05, 0.1) is 12.7 Å². The lowest BCUT2D eigenvalue weighted by Gasteiger charge is -2.43. The molecule has 0 aromatic heterocycles. The van der Waals surface area contributed by atoms with Gasteiger partial charge in [0, 0.05) is 31.2 Å². The maximum atomic E-state index is 5.77. The summed E-state index contributed by atoms with van der Waals surface area (Å²) < 4.78 is 5.77. The minimum Gasteiger partial charge on any atom is -0.376 e. The van der Waals surface area contributed by atoms with E-state index in [2.05, 4.69) is 44.8 Å². The molecular formula is C17H34N2O. The molecule has 1 saturated carbocycles. The Morgan fingerprint density at radius 2 is 1.85 bits per heavy atom. The zero-order chi connectivity index (χ0) is 14.8. The van der Waals surface area contributed by atoms with Gasteiger partial charge in [0.25, 0.3) is 0 Å². The van der Waals surface area contributed by atoms with E-state index >= 15 is 0 Å². The average Bonchev–Trinajstić information content (AvgIpc) is 2.80. The van der Waals surface area contributed by atoms with Crippen molar-refractivity contribution in [2.24, 2.45) is 5.41 Å². The predicted octanol–water partition coefficient (Wildman–Crippen LogP) is 3.04. The second kappa shape index (κ2) is 6.33. The molecule has 3 nitrogen and oxygen atoms in total. The first-order valence-corrected chi connectivity index (χ1v) is 8.40. The van der Waals surface area contributed by atoms with Crippen molar-refractivity contribution in [2.75, 3.05) is 26.2 Å². The number of nitrogens with zero attached hydrogens (tertiary/aromatic N) is 1. The number of rotatable bonds is 4. The lowest BCUT2D eigenvalue weighted by molar-refractivity contribution is -0.0630. The normalized spacial score (nSPS) is 31.6. The van der Waals surface area contributed by atoms with Gasteiger partial charge in [0.1, 0.15) is 0 Å². The van der Waals surface area contributed by atoms with Gasteiger partial charge in [0.2, 0.25) is 0 Å². The van der Waals surface area contributed by atoms with Crippen LogP contribution in [0.15, 0.2) is 0 Å². The molecule has 1 aliphatic carbocycles. The van der Waals surface area contributed by atoms with Crippen LogP contribution in [-0.4, -0.2) is 48.8 Å². The first-order chi connectivity index (χ1) is 9.30. The standard InChI is InChI=1S/C17H34N2O/c1-14-11-20-15(2)10-19(14)13-17(8-6-7-9-17)12-18-16(3,4)5/h14-15,18H,6-13H2,1-5H3. The van der Waals surface area contributed by atoms with Crippen LogP contribution in [0.2, 0.25) is 0 Å². The summed E-state index contributed by atoms with van der Waals surface area (Å²) in [5.74, 6) is 0. The molecule has 0 amide bonds. The number of nitrogens with one attached hydrogen (secondary N) is 1. The maximum Gasteiger partial charge on any atom is 0.0674 e. The van der Waals surface area contributed by atoms with Crippen LogP contribution in [-0.2, 0) is 4.74 Å². The number of hydrogen-bond acceptors (Lipinski definition) is 3. The van der Waals surface area contributed by atoms with Crippen LogP contribution in [0.1, 0.15) is 60.3 Å². The highest BCUT2D eigenvalue weighted by molar-refractivity contribution is 4.93. The highest BCUT2D eigenvalue weighted by Gasteiger charge is 2.38. The van der Waals surface area contributed by atoms with E-state index in [-0.39, 0.29) is 5.54 Å². The number of morpholine rings is 1.